The Balaban J connectivity index is 1.32. The molecule has 2 aromatic carbocycles. The second-order valence-corrected chi connectivity index (χ2v) is 7.04. The largest absolute Gasteiger partial charge is 0.350 e. The highest BCUT2D eigenvalue weighted by Gasteiger charge is 2.11. The van der Waals surface area contributed by atoms with Crippen molar-refractivity contribution in [1.29, 1.82) is 0 Å². The Bertz CT molecular complexity index is 1300. The zero-order valence-electron chi connectivity index (χ0n) is 15.9. The van der Waals surface area contributed by atoms with Gasteiger partial charge < -0.3 is 9.88 Å². The topological polar surface area (TPSA) is 64.2 Å². The molecule has 29 heavy (non-hydrogen) atoms. The van der Waals surface area contributed by atoms with E-state index < -0.39 is 0 Å². The molecule has 142 valence electrons. The summed E-state index contributed by atoms with van der Waals surface area (Å²) in [6, 6.07) is 17.7. The Morgan fingerprint density at radius 1 is 1.03 bits per heavy atom. The molecule has 0 aliphatic heterocycles. The van der Waals surface area contributed by atoms with Crippen LogP contribution in [0.15, 0.2) is 79.4 Å². The van der Waals surface area contributed by atoms with Crippen molar-refractivity contribution in [1.82, 2.24) is 18.9 Å². The van der Waals surface area contributed by atoms with Crippen LogP contribution in [0.1, 0.15) is 5.56 Å². The quantitative estimate of drug-likeness (QED) is 0.510. The summed E-state index contributed by atoms with van der Waals surface area (Å²) in [5, 5.41) is 4.10. The number of amides is 1. The zero-order valence-corrected chi connectivity index (χ0v) is 15.9. The number of aryl methyl sites for hydroxylation is 1. The minimum absolute atomic E-state index is 0.0361. The lowest BCUT2D eigenvalue weighted by atomic mass is 10.1. The molecule has 0 saturated heterocycles. The first kappa shape index (κ1) is 17.2. The van der Waals surface area contributed by atoms with Crippen molar-refractivity contribution in [3.63, 3.8) is 0 Å². The Labute approximate surface area is 167 Å². The number of fused-ring (bicyclic) bond motifs is 2. The van der Waals surface area contributed by atoms with E-state index in [1.165, 1.54) is 0 Å². The molecule has 0 aliphatic rings. The normalized spacial score (nSPS) is 11.2. The summed E-state index contributed by atoms with van der Waals surface area (Å²) < 4.78 is 3.94. The summed E-state index contributed by atoms with van der Waals surface area (Å²) in [6.45, 7) is 0. The molecule has 1 amide bonds. The molecule has 0 aliphatic carbocycles. The van der Waals surface area contributed by atoms with Crippen LogP contribution >= 0.6 is 0 Å². The lowest BCUT2D eigenvalue weighted by Crippen LogP contribution is -2.14. The van der Waals surface area contributed by atoms with Gasteiger partial charge in [0, 0.05) is 54.0 Å². The van der Waals surface area contributed by atoms with Gasteiger partial charge >= 0.3 is 0 Å². The highest BCUT2D eigenvalue weighted by molar-refractivity contribution is 5.96. The molecule has 6 heteroatoms. The highest BCUT2D eigenvalue weighted by Crippen LogP contribution is 2.23. The third-order valence-corrected chi connectivity index (χ3v) is 5.03. The van der Waals surface area contributed by atoms with Crippen molar-refractivity contribution in [2.45, 2.75) is 6.42 Å². The zero-order chi connectivity index (χ0) is 19.8. The molecule has 1 N–H and O–H groups in total. The van der Waals surface area contributed by atoms with Gasteiger partial charge in [-0.05, 0) is 29.8 Å². The van der Waals surface area contributed by atoms with Crippen molar-refractivity contribution in [2.24, 2.45) is 7.05 Å². The van der Waals surface area contributed by atoms with Crippen LogP contribution in [0.5, 0.6) is 0 Å². The summed E-state index contributed by atoms with van der Waals surface area (Å²) in [5.74, 6) is 0.626. The number of para-hydroxylation sites is 1. The van der Waals surface area contributed by atoms with Gasteiger partial charge in [-0.15, -0.1) is 0 Å². The fraction of sp³-hybridized carbons (Fsp3) is 0.0870. The van der Waals surface area contributed by atoms with E-state index in [1.807, 2.05) is 72.5 Å². The molecule has 6 nitrogen and oxygen atoms in total. The van der Waals surface area contributed by atoms with E-state index in [4.69, 9.17) is 0 Å². The fourth-order valence-electron chi connectivity index (χ4n) is 3.64. The van der Waals surface area contributed by atoms with Gasteiger partial charge in [0.05, 0.1) is 12.1 Å². The highest BCUT2D eigenvalue weighted by atomic mass is 16.1. The number of hydrogen-bond donors (Lipinski definition) is 1. The first-order chi connectivity index (χ1) is 14.2. The maximum atomic E-state index is 12.6. The van der Waals surface area contributed by atoms with Gasteiger partial charge in [-0.2, -0.15) is 0 Å². The number of aromatic nitrogens is 4. The maximum absolute atomic E-state index is 12.6. The standard InChI is InChI=1S/C23H19N5O/c1-27-14-17(19-5-2-3-6-21(19)27)13-22(29)25-18-9-7-16(8-10-18)20-15-28-12-4-11-24-23(28)26-20/h2-12,14-15H,13H2,1H3,(H,25,29). The van der Waals surface area contributed by atoms with E-state index in [1.54, 1.807) is 6.20 Å². The predicted molar refractivity (Wildman–Crippen MR) is 114 cm³/mol. The van der Waals surface area contributed by atoms with E-state index in [0.29, 0.717) is 12.2 Å². The number of rotatable bonds is 4. The third kappa shape index (κ3) is 3.25. The molecule has 0 saturated carbocycles. The van der Waals surface area contributed by atoms with Crippen molar-refractivity contribution in [3.05, 3.63) is 84.9 Å². The van der Waals surface area contributed by atoms with E-state index in [9.17, 15) is 4.79 Å². The van der Waals surface area contributed by atoms with Crippen molar-refractivity contribution >= 4 is 28.3 Å². The van der Waals surface area contributed by atoms with Crippen LogP contribution in [0.25, 0.3) is 27.9 Å². The fourth-order valence-corrected chi connectivity index (χ4v) is 3.64. The van der Waals surface area contributed by atoms with Gasteiger partial charge in [0.2, 0.25) is 11.7 Å². The maximum Gasteiger partial charge on any atom is 0.234 e. The Morgan fingerprint density at radius 3 is 2.69 bits per heavy atom. The molecule has 0 radical (unpaired) electrons. The number of nitrogens with one attached hydrogen (secondary N) is 1. The van der Waals surface area contributed by atoms with Gasteiger partial charge in [0.15, 0.2) is 0 Å². The van der Waals surface area contributed by atoms with Gasteiger partial charge in [-0.25, -0.2) is 9.97 Å². The molecule has 0 bridgehead atoms. The number of nitrogens with zero attached hydrogens (tertiary/aromatic N) is 4. The molecule has 3 aromatic heterocycles. The van der Waals surface area contributed by atoms with Crippen LogP contribution in [0.4, 0.5) is 5.69 Å². The Morgan fingerprint density at radius 2 is 1.86 bits per heavy atom. The predicted octanol–water partition coefficient (Wildman–Crippen LogP) is 4.07. The average Bonchev–Trinajstić information content (AvgIpc) is 3.30. The van der Waals surface area contributed by atoms with Crippen LogP contribution < -0.4 is 5.32 Å². The summed E-state index contributed by atoms with van der Waals surface area (Å²) in [4.78, 5) is 21.3. The van der Waals surface area contributed by atoms with Crippen molar-refractivity contribution in [2.75, 3.05) is 5.32 Å². The summed E-state index contributed by atoms with van der Waals surface area (Å²) in [7, 11) is 2.00. The first-order valence-corrected chi connectivity index (χ1v) is 9.40. The third-order valence-electron chi connectivity index (χ3n) is 5.03. The van der Waals surface area contributed by atoms with Crippen molar-refractivity contribution < 1.29 is 4.79 Å². The summed E-state index contributed by atoms with van der Waals surface area (Å²) >= 11 is 0. The van der Waals surface area contributed by atoms with Crippen LogP contribution in [0.3, 0.4) is 0 Å². The lowest BCUT2D eigenvalue weighted by Gasteiger charge is -2.06. The molecule has 5 rings (SSSR count). The second kappa shape index (κ2) is 6.91. The number of benzene rings is 2. The molecule has 3 heterocycles. The monoisotopic (exact) mass is 381 g/mol. The number of carbonyl (C=O) groups is 1. The molecule has 0 fully saturated rings. The SMILES string of the molecule is Cn1cc(CC(=O)Nc2ccc(-c3cn4cccnc4n3)cc2)c2ccccc21. The molecule has 0 atom stereocenters. The molecular formula is C23H19N5O. The number of imidazole rings is 1. The van der Waals surface area contributed by atoms with Gasteiger partial charge in [-0.3, -0.25) is 9.20 Å². The van der Waals surface area contributed by atoms with Crippen LogP contribution in [-0.4, -0.2) is 24.8 Å². The lowest BCUT2D eigenvalue weighted by molar-refractivity contribution is -0.115. The smallest absolute Gasteiger partial charge is 0.234 e. The van der Waals surface area contributed by atoms with E-state index >= 15 is 0 Å². The van der Waals surface area contributed by atoms with Gasteiger partial charge in [0.1, 0.15) is 0 Å². The molecular weight excluding hydrogens is 362 g/mol. The number of hydrogen-bond acceptors (Lipinski definition) is 3. The Kier molecular flexibility index (Phi) is 4.09. The molecule has 0 unspecified atom stereocenters. The van der Waals surface area contributed by atoms with Gasteiger partial charge in [0.25, 0.3) is 0 Å². The van der Waals surface area contributed by atoms with Crippen LogP contribution in [0, 0.1) is 0 Å². The minimum atomic E-state index is -0.0361. The second-order valence-electron chi connectivity index (χ2n) is 7.04. The summed E-state index contributed by atoms with van der Waals surface area (Å²) in [6.07, 6.45) is 7.93. The van der Waals surface area contributed by atoms with Crippen LogP contribution in [-0.2, 0) is 18.3 Å². The Hall–Kier alpha value is -3.93. The van der Waals surface area contributed by atoms with Crippen molar-refractivity contribution in [3.8, 4) is 11.3 Å². The van der Waals surface area contributed by atoms with E-state index in [-0.39, 0.29) is 5.91 Å². The minimum Gasteiger partial charge on any atom is -0.350 e. The average molecular weight is 381 g/mol. The summed E-state index contributed by atoms with van der Waals surface area (Å²) in [5.41, 5.74) is 4.73. The van der Waals surface area contributed by atoms with E-state index in [0.717, 1.165) is 33.4 Å². The van der Waals surface area contributed by atoms with E-state index in [2.05, 4.69) is 32.0 Å². The van der Waals surface area contributed by atoms with Gasteiger partial charge in [-0.1, -0.05) is 30.3 Å². The first-order valence-electron chi connectivity index (χ1n) is 9.40. The molecule has 5 aromatic rings. The molecule has 0 spiro atoms. The number of anilines is 1. The van der Waals surface area contributed by atoms with Crippen LogP contribution in [0.2, 0.25) is 0 Å². The number of carbonyl (C=O) groups excluding carboxylic acids is 1.